The van der Waals surface area contributed by atoms with E-state index in [1.165, 1.54) is 7.11 Å². The van der Waals surface area contributed by atoms with Crippen molar-refractivity contribution >= 4 is 17.3 Å². The van der Waals surface area contributed by atoms with E-state index < -0.39 is 0 Å². The monoisotopic (exact) mass is 228 g/mol. The molecule has 0 bridgehead atoms. The molecule has 84 valence electrons. The molecule has 0 aliphatic carbocycles. The number of carbonyl (C=O) groups is 1. The maximum Gasteiger partial charge on any atom is 0.305 e. The van der Waals surface area contributed by atoms with Crippen molar-refractivity contribution in [1.82, 2.24) is 10.3 Å². The molecule has 15 heavy (non-hydrogen) atoms. The SMILES string of the molecule is COC(=O)CCCNCc1nc(C)cs1. The first-order valence-electron chi connectivity index (χ1n) is 4.91. The largest absolute Gasteiger partial charge is 0.469 e. The molecular formula is C10H16N2O2S. The lowest BCUT2D eigenvalue weighted by Crippen LogP contribution is -2.16. The van der Waals surface area contributed by atoms with Crippen LogP contribution < -0.4 is 5.32 Å². The predicted molar refractivity (Wildman–Crippen MR) is 59.8 cm³/mol. The Labute approximate surface area is 93.7 Å². The molecule has 1 aromatic heterocycles. The van der Waals surface area contributed by atoms with Crippen LogP contribution in [0.4, 0.5) is 0 Å². The fraction of sp³-hybridized carbons (Fsp3) is 0.600. The van der Waals surface area contributed by atoms with E-state index in [1.807, 2.05) is 12.3 Å². The highest BCUT2D eigenvalue weighted by Gasteiger charge is 2.00. The smallest absolute Gasteiger partial charge is 0.305 e. The summed E-state index contributed by atoms with van der Waals surface area (Å²) in [4.78, 5) is 15.1. The number of aromatic nitrogens is 1. The highest BCUT2D eigenvalue weighted by atomic mass is 32.1. The van der Waals surface area contributed by atoms with Gasteiger partial charge in [-0.3, -0.25) is 4.79 Å². The van der Waals surface area contributed by atoms with Crippen LogP contribution in [-0.2, 0) is 16.1 Å². The van der Waals surface area contributed by atoms with Gasteiger partial charge in [0.25, 0.3) is 0 Å². The molecule has 0 aromatic carbocycles. The molecule has 0 radical (unpaired) electrons. The number of ether oxygens (including phenoxy) is 1. The van der Waals surface area contributed by atoms with E-state index in [1.54, 1.807) is 11.3 Å². The van der Waals surface area contributed by atoms with Gasteiger partial charge in [-0.15, -0.1) is 11.3 Å². The quantitative estimate of drug-likeness (QED) is 0.592. The highest BCUT2D eigenvalue weighted by molar-refractivity contribution is 7.09. The summed E-state index contributed by atoms with van der Waals surface area (Å²) in [7, 11) is 1.41. The summed E-state index contributed by atoms with van der Waals surface area (Å²) in [5.74, 6) is -0.151. The number of hydrogen-bond acceptors (Lipinski definition) is 5. The van der Waals surface area contributed by atoms with E-state index in [4.69, 9.17) is 0 Å². The van der Waals surface area contributed by atoms with E-state index in [0.717, 1.165) is 30.2 Å². The average Bonchev–Trinajstić information content (AvgIpc) is 2.63. The molecule has 1 heterocycles. The highest BCUT2D eigenvalue weighted by Crippen LogP contribution is 2.07. The molecule has 0 amide bonds. The normalized spacial score (nSPS) is 10.3. The maximum absolute atomic E-state index is 10.8. The standard InChI is InChI=1S/C10H16N2O2S/c1-8-7-15-9(12-8)6-11-5-3-4-10(13)14-2/h7,11H,3-6H2,1-2H3. The molecule has 4 nitrogen and oxygen atoms in total. The molecule has 1 rings (SSSR count). The summed E-state index contributed by atoms with van der Waals surface area (Å²) in [6, 6.07) is 0. The van der Waals surface area contributed by atoms with E-state index in [-0.39, 0.29) is 5.97 Å². The second kappa shape index (κ2) is 6.53. The van der Waals surface area contributed by atoms with Crippen molar-refractivity contribution in [2.24, 2.45) is 0 Å². The van der Waals surface area contributed by atoms with E-state index in [0.29, 0.717) is 6.42 Å². The van der Waals surface area contributed by atoms with Gasteiger partial charge >= 0.3 is 5.97 Å². The second-order valence-corrected chi connectivity index (χ2v) is 4.18. The number of hydrogen-bond donors (Lipinski definition) is 1. The second-order valence-electron chi connectivity index (χ2n) is 3.24. The van der Waals surface area contributed by atoms with Gasteiger partial charge in [-0.1, -0.05) is 0 Å². The van der Waals surface area contributed by atoms with Crippen LogP contribution in [0.3, 0.4) is 0 Å². The number of esters is 1. The minimum absolute atomic E-state index is 0.151. The van der Waals surface area contributed by atoms with Crippen molar-refractivity contribution in [3.8, 4) is 0 Å². The average molecular weight is 228 g/mol. The Morgan fingerprint density at radius 2 is 2.47 bits per heavy atom. The van der Waals surface area contributed by atoms with Crippen LogP contribution in [0.2, 0.25) is 0 Å². The molecule has 1 aromatic rings. The van der Waals surface area contributed by atoms with E-state index in [9.17, 15) is 4.79 Å². The van der Waals surface area contributed by atoms with Gasteiger partial charge in [-0.2, -0.15) is 0 Å². The molecule has 0 aliphatic heterocycles. The molecule has 0 saturated heterocycles. The number of thiazole rings is 1. The van der Waals surface area contributed by atoms with Crippen LogP contribution in [0, 0.1) is 6.92 Å². The number of rotatable bonds is 6. The van der Waals surface area contributed by atoms with Gasteiger partial charge in [-0.25, -0.2) is 4.98 Å². The molecule has 0 fully saturated rings. The van der Waals surface area contributed by atoms with Gasteiger partial charge in [0.1, 0.15) is 5.01 Å². The first-order valence-corrected chi connectivity index (χ1v) is 5.79. The Morgan fingerprint density at radius 1 is 1.67 bits per heavy atom. The summed E-state index contributed by atoms with van der Waals surface area (Å²) < 4.78 is 4.54. The predicted octanol–water partition coefficient (Wildman–Crippen LogP) is 1.49. The molecule has 5 heteroatoms. The number of carbonyl (C=O) groups excluding carboxylic acids is 1. The van der Waals surface area contributed by atoms with Crippen molar-refractivity contribution in [3.63, 3.8) is 0 Å². The molecular weight excluding hydrogens is 212 g/mol. The zero-order valence-corrected chi connectivity index (χ0v) is 9.89. The molecule has 1 N–H and O–H groups in total. The fourth-order valence-electron chi connectivity index (χ4n) is 1.14. The molecule has 0 aliphatic rings. The summed E-state index contributed by atoms with van der Waals surface area (Å²) >= 11 is 1.65. The lowest BCUT2D eigenvalue weighted by molar-refractivity contribution is -0.140. The Balaban J connectivity index is 2.05. The van der Waals surface area contributed by atoms with Crippen LogP contribution in [0.5, 0.6) is 0 Å². The first-order chi connectivity index (χ1) is 7.22. The number of aryl methyl sites for hydroxylation is 1. The summed E-state index contributed by atoms with van der Waals surface area (Å²) in [5.41, 5.74) is 1.06. The number of methoxy groups -OCH3 is 1. The first kappa shape index (κ1) is 12.1. The van der Waals surface area contributed by atoms with E-state index >= 15 is 0 Å². The number of nitrogens with zero attached hydrogens (tertiary/aromatic N) is 1. The molecule has 0 spiro atoms. The summed E-state index contributed by atoms with van der Waals surface area (Å²) in [6.07, 6.45) is 1.28. The fourth-order valence-corrected chi connectivity index (χ4v) is 1.88. The molecule has 0 atom stereocenters. The third kappa shape index (κ3) is 4.90. The maximum atomic E-state index is 10.8. The van der Waals surface area contributed by atoms with Crippen LogP contribution in [0.15, 0.2) is 5.38 Å². The summed E-state index contributed by atoms with van der Waals surface area (Å²) in [5, 5.41) is 6.36. The third-order valence-electron chi connectivity index (χ3n) is 1.90. The van der Waals surface area contributed by atoms with Gasteiger partial charge in [-0.05, 0) is 19.9 Å². The van der Waals surface area contributed by atoms with Crippen molar-refractivity contribution in [3.05, 3.63) is 16.1 Å². The minimum atomic E-state index is -0.151. The Morgan fingerprint density at radius 3 is 3.07 bits per heavy atom. The van der Waals surface area contributed by atoms with Crippen LogP contribution in [0.1, 0.15) is 23.5 Å². The van der Waals surface area contributed by atoms with Gasteiger partial charge in [0.05, 0.1) is 7.11 Å². The lowest BCUT2D eigenvalue weighted by atomic mass is 10.3. The van der Waals surface area contributed by atoms with E-state index in [2.05, 4.69) is 15.0 Å². The number of nitrogens with one attached hydrogen (secondary N) is 1. The van der Waals surface area contributed by atoms with Crippen LogP contribution >= 0.6 is 11.3 Å². The van der Waals surface area contributed by atoms with Crippen molar-refractivity contribution in [1.29, 1.82) is 0 Å². The van der Waals surface area contributed by atoms with Crippen molar-refractivity contribution in [2.45, 2.75) is 26.3 Å². The van der Waals surface area contributed by atoms with Gasteiger partial charge in [0.2, 0.25) is 0 Å². The topological polar surface area (TPSA) is 51.2 Å². The van der Waals surface area contributed by atoms with Gasteiger partial charge < -0.3 is 10.1 Å². The van der Waals surface area contributed by atoms with Crippen LogP contribution in [-0.4, -0.2) is 24.6 Å². The van der Waals surface area contributed by atoms with Gasteiger partial charge in [0, 0.05) is 24.0 Å². The van der Waals surface area contributed by atoms with Gasteiger partial charge in [0.15, 0.2) is 0 Å². The molecule has 0 saturated carbocycles. The summed E-state index contributed by atoms with van der Waals surface area (Å²) in [6.45, 7) is 3.57. The zero-order chi connectivity index (χ0) is 11.1. The van der Waals surface area contributed by atoms with Crippen LogP contribution in [0.25, 0.3) is 0 Å². The van der Waals surface area contributed by atoms with Crippen molar-refractivity contribution in [2.75, 3.05) is 13.7 Å². The Kier molecular flexibility index (Phi) is 5.28. The van der Waals surface area contributed by atoms with Crippen molar-refractivity contribution < 1.29 is 9.53 Å². The molecule has 0 unspecified atom stereocenters. The third-order valence-corrected chi connectivity index (χ3v) is 2.87. The Bertz CT molecular complexity index is 312. The lowest BCUT2D eigenvalue weighted by Gasteiger charge is -2.01. The Hall–Kier alpha value is -0.940. The zero-order valence-electron chi connectivity index (χ0n) is 9.08. The minimum Gasteiger partial charge on any atom is -0.469 e.